The Morgan fingerprint density at radius 1 is 0.875 bits per heavy atom. The summed E-state index contributed by atoms with van der Waals surface area (Å²) in [5.74, 6) is 2.00. The van der Waals surface area contributed by atoms with Gasteiger partial charge in [-0.05, 0) is 0 Å². The number of hydrogen-bond donors (Lipinski definition) is 0. The number of allylic oxidation sites excluding steroid dienone is 2. The van der Waals surface area contributed by atoms with Crippen molar-refractivity contribution >= 4 is 12.2 Å². The molecule has 0 heterocycles. The Balaban J connectivity index is 1.53. The molecule has 0 N–H and O–H groups in total. The predicted molar refractivity (Wildman–Crippen MR) is 98.6 cm³/mol. The van der Waals surface area contributed by atoms with Gasteiger partial charge in [-0.2, -0.15) is 0 Å². The topological polar surface area (TPSA) is 0 Å². The Morgan fingerprint density at radius 2 is 1.50 bits per heavy atom. The quantitative estimate of drug-likeness (QED) is 0.557. The minimum atomic E-state index is 0.606. The van der Waals surface area contributed by atoms with E-state index in [-0.39, 0.29) is 0 Å². The van der Waals surface area contributed by atoms with Crippen molar-refractivity contribution in [2.24, 2.45) is 5.92 Å². The molecule has 119 valence electrons. The van der Waals surface area contributed by atoms with Gasteiger partial charge in [0.25, 0.3) is 0 Å². The van der Waals surface area contributed by atoms with Crippen LogP contribution >= 0.6 is 0 Å². The van der Waals surface area contributed by atoms with E-state index in [1.807, 2.05) is 0 Å². The average Bonchev–Trinajstić information content (AvgIpc) is 3.23. The average molecular weight is 391 g/mol. The first-order chi connectivity index (χ1) is 11.8. The molecule has 0 radical (unpaired) electrons. The van der Waals surface area contributed by atoms with Crippen molar-refractivity contribution < 1.29 is 24.7 Å². The van der Waals surface area contributed by atoms with Gasteiger partial charge in [0.05, 0.1) is 0 Å². The van der Waals surface area contributed by atoms with Crippen molar-refractivity contribution in [3.63, 3.8) is 0 Å². The second-order valence-electron chi connectivity index (χ2n) is 7.04. The molecule has 4 unspecified atom stereocenters. The van der Waals surface area contributed by atoms with E-state index >= 15 is 0 Å². The van der Waals surface area contributed by atoms with Crippen molar-refractivity contribution in [1.82, 2.24) is 0 Å². The molecule has 0 fully saturated rings. The van der Waals surface area contributed by atoms with Crippen LogP contribution < -0.4 is 0 Å². The molecule has 4 rings (SSSR count). The molecule has 0 aromatic heterocycles. The van der Waals surface area contributed by atoms with E-state index in [4.69, 9.17) is 0 Å². The van der Waals surface area contributed by atoms with Crippen molar-refractivity contribution in [3.8, 4) is 0 Å². The Morgan fingerprint density at radius 3 is 2.25 bits per heavy atom. The van der Waals surface area contributed by atoms with E-state index in [1.165, 1.54) is 29.5 Å². The van der Waals surface area contributed by atoms with Gasteiger partial charge in [-0.3, -0.25) is 0 Å². The standard InChI is InChI=1S/C23H23.Zr/c1-2-17(15-20-13-11-18-7-3-5-9-22(18)20)16-21-14-12-19-8-4-6-10-23(19)21;/h3-15,17,20-21H,2,16H2,1H3;. The normalized spacial score (nSPS) is 23.0. The number of hydrogen-bond acceptors (Lipinski definition) is 0. The van der Waals surface area contributed by atoms with Crippen molar-refractivity contribution in [3.05, 3.63) is 82.9 Å². The summed E-state index contributed by atoms with van der Waals surface area (Å²) in [4.78, 5) is 0. The molecule has 24 heavy (non-hydrogen) atoms. The summed E-state index contributed by atoms with van der Waals surface area (Å²) in [5, 5.41) is 0. The first-order valence-corrected chi connectivity index (χ1v) is 10.4. The molecule has 2 aromatic carbocycles. The van der Waals surface area contributed by atoms with Gasteiger partial charge in [0.15, 0.2) is 0 Å². The maximum atomic E-state index is 2.45. The van der Waals surface area contributed by atoms with Gasteiger partial charge in [0.1, 0.15) is 0 Å². The fourth-order valence-corrected chi connectivity index (χ4v) is 5.93. The summed E-state index contributed by atoms with van der Waals surface area (Å²) in [6.07, 6.45) is 12.1. The molecule has 0 nitrogen and oxygen atoms in total. The van der Waals surface area contributed by atoms with E-state index in [0.717, 1.165) is 9.54 Å². The summed E-state index contributed by atoms with van der Waals surface area (Å²) in [6.45, 7) is 2.37. The van der Waals surface area contributed by atoms with Gasteiger partial charge in [0.2, 0.25) is 0 Å². The van der Waals surface area contributed by atoms with Crippen LogP contribution in [-0.4, -0.2) is 0 Å². The van der Waals surface area contributed by atoms with Gasteiger partial charge in [-0.1, -0.05) is 0 Å². The van der Waals surface area contributed by atoms with Gasteiger partial charge in [-0.15, -0.1) is 0 Å². The summed E-state index contributed by atoms with van der Waals surface area (Å²) < 4.78 is 0.767. The molecule has 1 heteroatoms. The number of fused-ring (bicyclic) bond motifs is 2. The van der Waals surface area contributed by atoms with E-state index in [9.17, 15) is 0 Å². The van der Waals surface area contributed by atoms with Crippen LogP contribution in [0.3, 0.4) is 0 Å². The van der Waals surface area contributed by atoms with Crippen molar-refractivity contribution in [2.75, 3.05) is 0 Å². The fourth-order valence-electron chi connectivity index (χ4n) is 4.31. The Bertz CT molecular complexity index is 786. The maximum absolute atomic E-state index is 2.45. The molecule has 0 spiro atoms. The van der Waals surface area contributed by atoms with Crippen LogP contribution in [0.25, 0.3) is 12.2 Å². The van der Waals surface area contributed by atoms with Crippen LogP contribution in [0, 0.1) is 5.92 Å². The fraction of sp³-hybridized carbons (Fsp3) is 0.304. The van der Waals surface area contributed by atoms with Crippen LogP contribution in [-0.2, 0) is 24.7 Å². The molecule has 4 atom stereocenters. The third kappa shape index (κ3) is 2.93. The van der Waals surface area contributed by atoms with E-state index < -0.39 is 0 Å². The molecule has 2 aromatic rings. The van der Waals surface area contributed by atoms with E-state index in [0.29, 0.717) is 11.8 Å². The summed E-state index contributed by atoms with van der Waals surface area (Å²) in [6, 6.07) is 17.8. The third-order valence-corrected chi connectivity index (χ3v) is 7.76. The molecule has 0 aliphatic heterocycles. The van der Waals surface area contributed by atoms with Crippen LogP contribution in [0.15, 0.2) is 60.7 Å². The first kappa shape index (κ1) is 16.3. The molecular formula is C23H23Zr. The zero-order chi connectivity index (χ0) is 16.5. The van der Waals surface area contributed by atoms with Crippen LogP contribution in [0.4, 0.5) is 0 Å². The Kier molecular flexibility index (Phi) is 4.73. The summed E-state index contributed by atoms with van der Waals surface area (Å²) in [7, 11) is 0. The zero-order valence-corrected chi connectivity index (χ0v) is 16.6. The minimum absolute atomic E-state index is 0.606. The molecule has 0 amide bonds. The zero-order valence-electron chi connectivity index (χ0n) is 14.2. The second kappa shape index (κ2) is 6.97. The molecular weight excluding hydrogens is 367 g/mol. The van der Waals surface area contributed by atoms with Gasteiger partial charge in [0, 0.05) is 0 Å². The van der Waals surface area contributed by atoms with Gasteiger partial charge in [-0.25, -0.2) is 0 Å². The molecule has 2 aliphatic rings. The number of rotatable bonds is 5. The van der Waals surface area contributed by atoms with E-state index in [2.05, 4.69) is 79.8 Å². The molecule has 0 saturated carbocycles. The van der Waals surface area contributed by atoms with Crippen molar-refractivity contribution in [2.45, 2.75) is 35.2 Å². The van der Waals surface area contributed by atoms with Gasteiger partial charge >= 0.3 is 161 Å². The van der Waals surface area contributed by atoms with Crippen LogP contribution in [0.2, 0.25) is 3.63 Å². The predicted octanol–water partition coefficient (Wildman–Crippen LogP) is 6.36. The molecule has 2 aliphatic carbocycles. The number of benzene rings is 2. The SMILES string of the molecule is CCC(CC1C=Cc2ccccc21)[CH]([Zr])C1C=Cc2ccccc21. The van der Waals surface area contributed by atoms with Gasteiger partial charge < -0.3 is 0 Å². The van der Waals surface area contributed by atoms with Crippen LogP contribution in [0.5, 0.6) is 0 Å². The van der Waals surface area contributed by atoms with Crippen LogP contribution in [0.1, 0.15) is 53.9 Å². The molecule has 0 saturated heterocycles. The van der Waals surface area contributed by atoms with Crippen molar-refractivity contribution in [1.29, 1.82) is 0 Å². The third-order valence-electron chi connectivity index (χ3n) is 5.72. The summed E-state index contributed by atoms with van der Waals surface area (Å²) >= 11 is 1.68. The second-order valence-corrected chi connectivity index (χ2v) is 8.68. The Labute approximate surface area is 160 Å². The first-order valence-electron chi connectivity index (χ1n) is 9.03. The Hall–Kier alpha value is -1.20. The van der Waals surface area contributed by atoms with E-state index in [1.54, 1.807) is 30.3 Å². The summed E-state index contributed by atoms with van der Waals surface area (Å²) in [5.41, 5.74) is 5.92. The monoisotopic (exact) mass is 389 g/mol. The molecule has 0 bridgehead atoms.